The number of fused-ring (bicyclic) bond motifs is 1. The van der Waals surface area contributed by atoms with Crippen LogP contribution in [0, 0.1) is 5.82 Å². The summed E-state index contributed by atoms with van der Waals surface area (Å²) in [5.74, 6) is -0.127. The zero-order chi connectivity index (χ0) is 15.0. The van der Waals surface area contributed by atoms with Crippen molar-refractivity contribution in [2.24, 2.45) is 7.05 Å². The lowest BCUT2D eigenvalue weighted by Crippen LogP contribution is -2.12. The number of phenols is 1. The third-order valence-electron chi connectivity index (χ3n) is 3.54. The fourth-order valence-electron chi connectivity index (χ4n) is 2.46. The van der Waals surface area contributed by atoms with Crippen molar-refractivity contribution in [1.29, 1.82) is 0 Å². The molecule has 21 heavy (non-hydrogen) atoms. The van der Waals surface area contributed by atoms with E-state index in [2.05, 4.69) is 10.3 Å². The van der Waals surface area contributed by atoms with Crippen LogP contribution >= 0.6 is 0 Å². The van der Waals surface area contributed by atoms with Crippen LogP contribution in [0.5, 0.6) is 5.75 Å². The van der Waals surface area contributed by atoms with E-state index < -0.39 is 5.82 Å². The topological polar surface area (TPSA) is 50.1 Å². The summed E-state index contributed by atoms with van der Waals surface area (Å²) < 4.78 is 15.4. The number of hydrogen-bond donors (Lipinski definition) is 2. The molecule has 3 aromatic rings. The number of phenolic OH excluding ortho intramolecular Hbond substituents is 1. The van der Waals surface area contributed by atoms with Crippen molar-refractivity contribution in [2.75, 3.05) is 5.32 Å². The van der Waals surface area contributed by atoms with E-state index in [9.17, 15) is 9.50 Å². The monoisotopic (exact) mass is 285 g/mol. The average molecular weight is 285 g/mol. The molecule has 0 radical (unpaired) electrons. The third-order valence-corrected chi connectivity index (χ3v) is 3.54. The Morgan fingerprint density at radius 1 is 1.24 bits per heavy atom. The molecule has 108 valence electrons. The van der Waals surface area contributed by atoms with Crippen molar-refractivity contribution in [2.45, 2.75) is 13.0 Å². The molecule has 5 heteroatoms. The largest absolute Gasteiger partial charge is 0.505 e. The number of nitrogens with zero attached hydrogens (tertiary/aromatic N) is 2. The first-order valence-corrected chi connectivity index (χ1v) is 6.72. The second kappa shape index (κ2) is 5.09. The van der Waals surface area contributed by atoms with Crippen LogP contribution in [0.3, 0.4) is 0 Å². The highest BCUT2D eigenvalue weighted by Crippen LogP contribution is 2.25. The smallest absolute Gasteiger partial charge is 0.166 e. The Morgan fingerprint density at radius 3 is 2.71 bits per heavy atom. The Morgan fingerprint density at radius 2 is 2.00 bits per heavy atom. The first-order valence-electron chi connectivity index (χ1n) is 6.72. The maximum Gasteiger partial charge on any atom is 0.166 e. The van der Waals surface area contributed by atoms with Crippen LogP contribution in [0.15, 0.2) is 42.5 Å². The van der Waals surface area contributed by atoms with Gasteiger partial charge in [-0.05, 0) is 31.2 Å². The van der Waals surface area contributed by atoms with E-state index in [1.54, 1.807) is 6.07 Å². The van der Waals surface area contributed by atoms with Gasteiger partial charge in [-0.3, -0.25) is 0 Å². The molecule has 0 saturated heterocycles. The van der Waals surface area contributed by atoms with Gasteiger partial charge in [0.25, 0.3) is 0 Å². The summed E-state index contributed by atoms with van der Waals surface area (Å²) in [6.45, 7) is 1.96. The highest BCUT2D eigenvalue weighted by Gasteiger charge is 2.14. The highest BCUT2D eigenvalue weighted by atomic mass is 19.1. The van der Waals surface area contributed by atoms with E-state index >= 15 is 0 Å². The van der Waals surface area contributed by atoms with Gasteiger partial charge in [-0.2, -0.15) is 0 Å². The maximum absolute atomic E-state index is 13.4. The highest BCUT2D eigenvalue weighted by molar-refractivity contribution is 5.76. The van der Waals surface area contributed by atoms with Gasteiger partial charge in [0.1, 0.15) is 5.82 Å². The fourth-order valence-corrected chi connectivity index (χ4v) is 2.46. The Balaban J connectivity index is 1.91. The van der Waals surface area contributed by atoms with Crippen LogP contribution in [0.1, 0.15) is 18.8 Å². The lowest BCUT2D eigenvalue weighted by atomic mass is 10.2. The van der Waals surface area contributed by atoms with E-state index in [-0.39, 0.29) is 11.8 Å². The molecule has 2 aromatic carbocycles. The van der Waals surface area contributed by atoms with E-state index in [0.717, 1.165) is 16.9 Å². The van der Waals surface area contributed by atoms with Crippen LogP contribution in [0.4, 0.5) is 10.1 Å². The Kier molecular flexibility index (Phi) is 3.25. The van der Waals surface area contributed by atoms with Gasteiger partial charge < -0.3 is 15.0 Å². The molecular formula is C16H16FN3O. The molecule has 0 saturated carbocycles. The maximum atomic E-state index is 13.4. The van der Waals surface area contributed by atoms with Gasteiger partial charge in [0.15, 0.2) is 11.6 Å². The molecule has 1 aromatic heterocycles. The number of rotatable bonds is 3. The predicted molar refractivity (Wildman–Crippen MR) is 80.8 cm³/mol. The fraction of sp³-hybridized carbons (Fsp3) is 0.188. The number of hydrogen-bond acceptors (Lipinski definition) is 3. The number of para-hydroxylation sites is 2. The minimum absolute atomic E-state index is 0.0913. The number of aromatic hydroxyl groups is 1. The second-order valence-electron chi connectivity index (χ2n) is 5.05. The molecule has 0 aliphatic rings. The molecule has 1 atom stereocenters. The van der Waals surface area contributed by atoms with Crippen molar-refractivity contribution in [1.82, 2.24) is 9.55 Å². The Hall–Kier alpha value is -2.56. The lowest BCUT2D eigenvalue weighted by molar-refractivity contribution is 0.432. The summed E-state index contributed by atoms with van der Waals surface area (Å²) in [4.78, 5) is 4.61. The van der Waals surface area contributed by atoms with Crippen molar-refractivity contribution >= 4 is 16.7 Å². The van der Waals surface area contributed by atoms with Gasteiger partial charge >= 0.3 is 0 Å². The summed E-state index contributed by atoms with van der Waals surface area (Å²) in [5, 5.41) is 12.4. The first-order chi connectivity index (χ1) is 10.1. The molecule has 0 aliphatic carbocycles. The van der Waals surface area contributed by atoms with Crippen LogP contribution in [0.25, 0.3) is 11.0 Å². The summed E-state index contributed by atoms with van der Waals surface area (Å²) in [6, 6.07) is 12.1. The van der Waals surface area contributed by atoms with Gasteiger partial charge in [-0.15, -0.1) is 0 Å². The number of nitrogens with one attached hydrogen (secondary N) is 1. The number of halogens is 1. The summed E-state index contributed by atoms with van der Waals surface area (Å²) >= 11 is 0. The van der Waals surface area contributed by atoms with Gasteiger partial charge in [0, 0.05) is 18.8 Å². The van der Waals surface area contributed by atoms with E-state index in [1.807, 2.05) is 42.8 Å². The second-order valence-corrected chi connectivity index (χ2v) is 5.05. The molecule has 0 amide bonds. The molecule has 0 aliphatic heterocycles. The van der Waals surface area contributed by atoms with Crippen molar-refractivity contribution < 1.29 is 9.50 Å². The average Bonchev–Trinajstić information content (AvgIpc) is 2.81. The molecular weight excluding hydrogens is 269 g/mol. The van der Waals surface area contributed by atoms with Crippen molar-refractivity contribution in [3.63, 3.8) is 0 Å². The Labute approximate surface area is 121 Å². The standard InChI is InChI=1S/C16H16FN3O/c1-10(18-11-7-8-15(21)12(17)9-11)16-19-13-5-3-4-6-14(13)20(16)2/h3-10,18,21H,1-2H3. The lowest BCUT2D eigenvalue weighted by Gasteiger charge is -2.15. The normalized spacial score (nSPS) is 12.5. The molecule has 0 spiro atoms. The van der Waals surface area contributed by atoms with E-state index in [1.165, 1.54) is 12.1 Å². The minimum atomic E-state index is -0.641. The van der Waals surface area contributed by atoms with Gasteiger partial charge in [0.2, 0.25) is 0 Å². The molecule has 1 unspecified atom stereocenters. The minimum Gasteiger partial charge on any atom is -0.505 e. The first kappa shape index (κ1) is 13.4. The number of benzene rings is 2. The summed E-state index contributed by atoms with van der Waals surface area (Å²) in [7, 11) is 1.96. The molecule has 3 rings (SSSR count). The van der Waals surface area contributed by atoms with Crippen molar-refractivity contribution in [3.8, 4) is 5.75 Å². The van der Waals surface area contributed by atoms with E-state index in [0.29, 0.717) is 5.69 Å². The molecule has 4 nitrogen and oxygen atoms in total. The number of anilines is 1. The Bertz CT molecular complexity index is 797. The predicted octanol–water partition coefficient (Wildman–Crippen LogP) is 3.59. The quantitative estimate of drug-likeness (QED) is 0.723. The molecule has 0 fully saturated rings. The van der Waals surface area contributed by atoms with Gasteiger partial charge in [-0.25, -0.2) is 9.37 Å². The summed E-state index contributed by atoms with van der Waals surface area (Å²) in [5.41, 5.74) is 2.59. The zero-order valence-electron chi connectivity index (χ0n) is 11.8. The molecule has 0 bridgehead atoms. The van der Waals surface area contributed by atoms with E-state index in [4.69, 9.17) is 0 Å². The van der Waals surface area contributed by atoms with Crippen molar-refractivity contribution in [3.05, 3.63) is 54.1 Å². The number of aromatic nitrogens is 2. The van der Waals surface area contributed by atoms with Crippen LogP contribution in [-0.2, 0) is 7.05 Å². The van der Waals surface area contributed by atoms with Gasteiger partial charge in [-0.1, -0.05) is 12.1 Å². The third kappa shape index (κ3) is 2.42. The van der Waals surface area contributed by atoms with Crippen LogP contribution in [-0.4, -0.2) is 14.7 Å². The van der Waals surface area contributed by atoms with Gasteiger partial charge in [0.05, 0.1) is 17.1 Å². The summed E-state index contributed by atoms with van der Waals surface area (Å²) in [6.07, 6.45) is 0. The zero-order valence-corrected chi connectivity index (χ0v) is 11.8. The number of aryl methyl sites for hydroxylation is 1. The molecule has 1 heterocycles. The number of imidazole rings is 1. The van der Waals surface area contributed by atoms with Crippen LogP contribution < -0.4 is 5.32 Å². The SMILES string of the molecule is CC(Nc1ccc(O)c(F)c1)c1nc2ccccc2n1C. The van der Waals surface area contributed by atoms with Crippen LogP contribution in [0.2, 0.25) is 0 Å². The molecule has 2 N–H and O–H groups in total.